The average Bonchev–Trinajstić information content (AvgIpc) is 3.44. The quantitative estimate of drug-likeness (QED) is 0.221. The Bertz CT molecular complexity index is 1680. The van der Waals surface area contributed by atoms with Crippen molar-refractivity contribution < 1.29 is 23.8 Å². The Morgan fingerprint density at radius 2 is 1.53 bits per heavy atom. The van der Waals surface area contributed by atoms with E-state index in [0.717, 1.165) is 49.9 Å². The molecular weight excluding hydrogens is 564 g/mol. The van der Waals surface area contributed by atoms with Crippen molar-refractivity contribution in [3.63, 3.8) is 0 Å². The van der Waals surface area contributed by atoms with Gasteiger partial charge >= 0.3 is 11.9 Å². The van der Waals surface area contributed by atoms with Gasteiger partial charge in [-0.1, -0.05) is 48.5 Å². The average molecular weight is 601 g/mol. The second kappa shape index (κ2) is 12.2. The number of aromatic nitrogens is 3. The molecule has 0 N–H and O–H groups in total. The molecule has 3 heterocycles. The molecule has 0 unspecified atom stereocenters. The molecule has 4 aromatic rings. The van der Waals surface area contributed by atoms with Gasteiger partial charge in [-0.15, -0.1) is 21.5 Å². The summed E-state index contributed by atoms with van der Waals surface area (Å²) in [7, 11) is 1.38. The van der Waals surface area contributed by atoms with E-state index in [0.29, 0.717) is 12.4 Å². The normalized spacial score (nSPS) is 14.4. The third-order valence-electron chi connectivity index (χ3n) is 7.18. The summed E-state index contributed by atoms with van der Waals surface area (Å²) in [5.41, 5.74) is 6.48. The molecule has 0 fully saturated rings. The molecule has 0 spiro atoms. The number of esters is 2. The molecule has 5 rings (SSSR count). The van der Waals surface area contributed by atoms with E-state index in [4.69, 9.17) is 19.2 Å². The molecule has 2 aromatic heterocycles. The van der Waals surface area contributed by atoms with Crippen molar-refractivity contribution in [2.75, 3.05) is 13.7 Å². The monoisotopic (exact) mass is 600 g/mol. The summed E-state index contributed by atoms with van der Waals surface area (Å²) in [6.07, 6.45) is 0.0665. The van der Waals surface area contributed by atoms with Crippen LogP contribution in [0, 0.1) is 20.8 Å². The SMILES string of the molecule is COC(=O)C[C@@H]1N=C(c2ccc(-c3ccc(COCC(=O)OC(C)(C)C)cc3)cc2)c2c(sc(C)c2C)-n2c(C)nnc21. The number of aliphatic imine (C=N–C) groups is 1. The number of nitrogens with zero attached hydrogens (tertiary/aromatic N) is 4. The van der Waals surface area contributed by atoms with E-state index in [2.05, 4.69) is 48.3 Å². The topological polar surface area (TPSA) is 105 Å². The van der Waals surface area contributed by atoms with Crippen LogP contribution in [0.1, 0.15) is 72.0 Å². The maximum atomic E-state index is 12.4. The van der Waals surface area contributed by atoms with E-state index >= 15 is 0 Å². The van der Waals surface area contributed by atoms with Crippen LogP contribution in [0.25, 0.3) is 16.1 Å². The van der Waals surface area contributed by atoms with E-state index in [1.165, 1.54) is 12.0 Å². The van der Waals surface area contributed by atoms with Crippen LogP contribution >= 0.6 is 11.3 Å². The van der Waals surface area contributed by atoms with Gasteiger partial charge in [-0.25, -0.2) is 4.79 Å². The fourth-order valence-corrected chi connectivity index (χ4v) is 6.22. The maximum absolute atomic E-state index is 12.4. The van der Waals surface area contributed by atoms with E-state index in [-0.39, 0.29) is 25.0 Å². The molecule has 10 heteroatoms. The zero-order chi connectivity index (χ0) is 30.9. The summed E-state index contributed by atoms with van der Waals surface area (Å²) in [6.45, 7) is 11.8. The van der Waals surface area contributed by atoms with Gasteiger partial charge < -0.3 is 14.2 Å². The lowest BCUT2D eigenvalue weighted by atomic mass is 9.96. The molecule has 2 aromatic carbocycles. The van der Waals surface area contributed by atoms with Crippen LogP contribution in [0.4, 0.5) is 0 Å². The Morgan fingerprint density at radius 3 is 2.16 bits per heavy atom. The van der Waals surface area contributed by atoms with Crippen LogP contribution in [0.3, 0.4) is 0 Å². The Balaban J connectivity index is 1.40. The number of methoxy groups -OCH3 is 1. The first-order chi connectivity index (χ1) is 20.4. The summed E-state index contributed by atoms with van der Waals surface area (Å²) in [5.74, 6) is 0.646. The van der Waals surface area contributed by atoms with Crippen LogP contribution < -0.4 is 0 Å². The first-order valence-corrected chi connectivity index (χ1v) is 14.9. The molecule has 0 aliphatic carbocycles. The number of aryl methyl sites for hydroxylation is 2. The lowest BCUT2D eigenvalue weighted by molar-refractivity contribution is -0.160. The molecule has 1 aliphatic rings. The summed E-state index contributed by atoms with van der Waals surface area (Å²) >= 11 is 1.68. The van der Waals surface area contributed by atoms with Crippen LogP contribution in [0.15, 0.2) is 53.5 Å². The number of rotatable bonds is 8. The third-order valence-corrected chi connectivity index (χ3v) is 8.37. The van der Waals surface area contributed by atoms with Crippen LogP contribution in [-0.2, 0) is 30.4 Å². The molecule has 1 atom stereocenters. The van der Waals surface area contributed by atoms with Crippen molar-refractivity contribution in [3.05, 3.63) is 87.3 Å². The number of carbonyl (C=O) groups excluding carboxylic acids is 2. The van der Waals surface area contributed by atoms with Crippen molar-refractivity contribution >= 4 is 29.0 Å². The molecule has 9 nitrogen and oxygen atoms in total. The first-order valence-electron chi connectivity index (χ1n) is 14.1. The summed E-state index contributed by atoms with van der Waals surface area (Å²) in [4.78, 5) is 30.6. The van der Waals surface area contributed by atoms with Crippen molar-refractivity contribution in [2.24, 2.45) is 4.99 Å². The predicted octanol–water partition coefficient (Wildman–Crippen LogP) is 6.23. The van der Waals surface area contributed by atoms with Crippen LogP contribution in [0.5, 0.6) is 0 Å². The summed E-state index contributed by atoms with van der Waals surface area (Å²) < 4.78 is 17.8. The van der Waals surface area contributed by atoms with E-state index in [9.17, 15) is 9.59 Å². The van der Waals surface area contributed by atoms with Crippen molar-refractivity contribution in [3.8, 4) is 16.1 Å². The second-order valence-corrected chi connectivity index (χ2v) is 12.7. The van der Waals surface area contributed by atoms with Gasteiger partial charge in [0.15, 0.2) is 5.82 Å². The zero-order valence-electron chi connectivity index (χ0n) is 25.6. The highest BCUT2D eigenvalue weighted by molar-refractivity contribution is 7.15. The van der Waals surface area contributed by atoms with E-state index in [1.807, 2.05) is 56.5 Å². The van der Waals surface area contributed by atoms with Gasteiger partial charge in [0.2, 0.25) is 0 Å². The van der Waals surface area contributed by atoms with Gasteiger partial charge in [-0.2, -0.15) is 0 Å². The van der Waals surface area contributed by atoms with Gasteiger partial charge in [0.25, 0.3) is 0 Å². The third kappa shape index (κ3) is 6.60. The fraction of sp³-hybridized carbons (Fsp3) is 0.364. The number of hydrogen-bond donors (Lipinski definition) is 0. The Labute approximate surface area is 255 Å². The van der Waals surface area contributed by atoms with E-state index in [1.54, 1.807) is 11.3 Å². The van der Waals surface area contributed by atoms with Crippen molar-refractivity contribution in [1.29, 1.82) is 0 Å². The first kappa shape index (κ1) is 30.3. The highest BCUT2D eigenvalue weighted by Crippen LogP contribution is 2.39. The molecule has 0 bridgehead atoms. The molecule has 1 aliphatic heterocycles. The van der Waals surface area contributed by atoms with Crippen molar-refractivity contribution in [1.82, 2.24) is 14.8 Å². The van der Waals surface area contributed by atoms with Crippen LogP contribution in [-0.4, -0.2) is 51.7 Å². The standard InChI is InChI=1S/C33H36N4O5S/c1-19-20(2)43-32-29(19)30(34-26(16-27(38)40-7)31-36-35-21(3)37(31)32)25-14-12-24(13-15-25)23-10-8-22(9-11-23)17-41-18-28(39)42-33(4,5)6/h8-15,26H,16-18H2,1-7H3/t26-/m0/s1. The highest BCUT2D eigenvalue weighted by atomic mass is 32.1. The van der Waals surface area contributed by atoms with Gasteiger partial charge in [-0.3, -0.25) is 14.4 Å². The molecule has 43 heavy (non-hydrogen) atoms. The predicted molar refractivity (Wildman–Crippen MR) is 166 cm³/mol. The Morgan fingerprint density at radius 1 is 0.907 bits per heavy atom. The number of thiophene rings is 1. The molecular formula is C33H36N4O5S. The number of fused-ring (bicyclic) bond motifs is 3. The maximum Gasteiger partial charge on any atom is 0.332 e. The molecule has 224 valence electrons. The number of hydrogen-bond acceptors (Lipinski definition) is 9. The zero-order valence-corrected chi connectivity index (χ0v) is 26.4. The van der Waals surface area contributed by atoms with E-state index < -0.39 is 11.6 Å². The molecule has 0 radical (unpaired) electrons. The smallest absolute Gasteiger partial charge is 0.332 e. The lowest BCUT2D eigenvalue weighted by Gasteiger charge is -2.19. The Hall–Kier alpha value is -4.15. The van der Waals surface area contributed by atoms with Crippen molar-refractivity contribution in [2.45, 2.75) is 66.2 Å². The minimum Gasteiger partial charge on any atom is -0.469 e. The van der Waals surface area contributed by atoms with Gasteiger partial charge in [-0.05, 0) is 63.8 Å². The summed E-state index contributed by atoms with van der Waals surface area (Å²) in [5, 5.41) is 9.75. The Kier molecular flexibility index (Phi) is 8.62. The molecule has 0 amide bonds. The number of ether oxygens (including phenoxy) is 3. The highest BCUT2D eigenvalue weighted by Gasteiger charge is 2.32. The van der Waals surface area contributed by atoms with Gasteiger partial charge in [0.1, 0.15) is 29.1 Å². The molecule has 0 saturated carbocycles. The fourth-order valence-electron chi connectivity index (χ4n) is 5.00. The largest absolute Gasteiger partial charge is 0.469 e. The van der Waals surface area contributed by atoms with Gasteiger partial charge in [0, 0.05) is 16.0 Å². The minimum atomic E-state index is -0.535. The summed E-state index contributed by atoms with van der Waals surface area (Å²) in [6, 6.07) is 15.8. The minimum absolute atomic E-state index is 0.0665. The lowest BCUT2D eigenvalue weighted by Crippen LogP contribution is -2.26. The van der Waals surface area contributed by atoms with Gasteiger partial charge in [0.05, 0.1) is 25.8 Å². The second-order valence-electron chi connectivity index (χ2n) is 11.5. The number of benzene rings is 2. The number of carbonyl (C=O) groups is 2. The van der Waals surface area contributed by atoms with Crippen LogP contribution in [0.2, 0.25) is 0 Å². The molecule has 0 saturated heterocycles.